The second-order valence-corrected chi connectivity index (χ2v) is 8.30. The van der Waals surface area contributed by atoms with Gasteiger partial charge in [0.05, 0.1) is 37.9 Å². The Hall–Kier alpha value is -4.60. The molecule has 1 aliphatic rings. The molecular formula is C27H26N2O8. The number of ether oxygens (including phenoxy) is 4. The number of carbonyl (C=O) groups excluding carboxylic acids is 2. The number of amides is 1. The number of fused-ring (bicyclic) bond motifs is 1. The predicted octanol–water partition coefficient (Wildman–Crippen LogP) is 4.22. The molecule has 4 rings (SSSR count). The first kappa shape index (κ1) is 25.5. The minimum absolute atomic E-state index is 0.0979. The Morgan fingerprint density at radius 2 is 1.68 bits per heavy atom. The van der Waals surface area contributed by atoms with Crippen molar-refractivity contribution in [3.63, 3.8) is 0 Å². The zero-order valence-corrected chi connectivity index (χ0v) is 20.6. The summed E-state index contributed by atoms with van der Waals surface area (Å²) in [5.74, 6) is 0.792. The summed E-state index contributed by atoms with van der Waals surface area (Å²) < 4.78 is 21.7. The predicted molar refractivity (Wildman–Crippen MR) is 133 cm³/mol. The van der Waals surface area contributed by atoms with Crippen molar-refractivity contribution < 1.29 is 33.5 Å². The quantitative estimate of drug-likeness (QED) is 0.253. The van der Waals surface area contributed by atoms with Crippen LogP contribution >= 0.6 is 0 Å². The van der Waals surface area contributed by atoms with Crippen molar-refractivity contribution in [2.45, 2.75) is 12.5 Å². The van der Waals surface area contributed by atoms with Crippen LogP contribution in [-0.2, 0) is 11.2 Å². The van der Waals surface area contributed by atoms with Crippen LogP contribution in [0.5, 0.6) is 17.2 Å². The van der Waals surface area contributed by atoms with E-state index in [4.69, 9.17) is 18.9 Å². The van der Waals surface area contributed by atoms with Gasteiger partial charge in [0.2, 0.25) is 0 Å². The number of methoxy groups -OCH3 is 3. The molecule has 0 fully saturated rings. The van der Waals surface area contributed by atoms with Crippen molar-refractivity contribution in [2.24, 2.45) is 0 Å². The number of hydrogen-bond acceptors (Lipinski definition) is 8. The van der Waals surface area contributed by atoms with E-state index in [9.17, 15) is 19.7 Å². The van der Waals surface area contributed by atoms with Crippen molar-refractivity contribution in [3.8, 4) is 17.2 Å². The van der Waals surface area contributed by atoms with E-state index in [1.807, 2.05) is 12.1 Å². The third-order valence-corrected chi connectivity index (χ3v) is 6.25. The van der Waals surface area contributed by atoms with Crippen molar-refractivity contribution in [1.29, 1.82) is 0 Å². The second kappa shape index (κ2) is 11.0. The van der Waals surface area contributed by atoms with E-state index < -0.39 is 16.9 Å². The highest BCUT2D eigenvalue weighted by atomic mass is 16.6. The van der Waals surface area contributed by atoms with Crippen LogP contribution in [0.25, 0.3) is 0 Å². The molecule has 0 unspecified atom stereocenters. The molecule has 1 aliphatic heterocycles. The lowest BCUT2D eigenvalue weighted by molar-refractivity contribution is -0.384. The van der Waals surface area contributed by atoms with Gasteiger partial charge in [-0.05, 0) is 60.0 Å². The molecule has 0 saturated carbocycles. The second-order valence-electron chi connectivity index (χ2n) is 8.30. The molecule has 1 amide bonds. The number of nitro groups is 1. The minimum Gasteiger partial charge on any atom is -0.493 e. The number of esters is 1. The Balaban J connectivity index is 1.68. The Morgan fingerprint density at radius 3 is 2.32 bits per heavy atom. The van der Waals surface area contributed by atoms with Gasteiger partial charge in [-0.15, -0.1) is 0 Å². The van der Waals surface area contributed by atoms with E-state index in [2.05, 4.69) is 0 Å². The highest BCUT2D eigenvalue weighted by Crippen LogP contribution is 2.39. The summed E-state index contributed by atoms with van der Waals surface area (Å²) in [6.45, 7) is 0.472. The molecule has 1 heterocycles. The number of nitro benzene ring substituents is 1. The van der Waals surface area contributed by atoms with E-state index in [1.165, 1.54) is 32.4 Å². The fourth-order valence-corrected chi connectivity index (χ4v) is 4.35. The van der Waals surface area contributed by atoms with E-state index in [1.54, 1.807) is 42.3 Å². The first-order valence-electron chi connectivity index (χ1n) is 11.5. The molecular weight excluding hydrogens is 480 g/mol. The van der Waals surface area contributed by atoms with Crippen molar-refractivity contribution in [2.75, 3.05) is 34.5 Å². The molecule has 0 N–H and O–H groups in total. The van der Waals surface area contributed by atoms with Gasteiger partial charge in [0, 0.05) is 24.2 Å². The van der Waals surface area contributed by atoms with Crippen LogP contribution in [0.2, 0.25) is 0 Å². The van der Waals surface area contributed by atoms with Crippen molar-refractivity contribution in [3.05, 3.63) is 93.0 Å². The average molecular weight is 507 g/mol. The van der Waals surface area contributed by atoms with Gasteiger partial charge >= 0.3 is 5.97 Å². The largest absolute Gasteiger partial charge is 0.493 e. The molecule has 0 spiro atoms. The maximum absolute atomic E-state index is 13.6. The van der Waals surface area contributed by atoms with Gasteiger partial charge in [-0.2, -0.15) is 0 Å². The molecule has 0 bridgehead atoms. The van der Waals surface area contributed by atoms with Crippen LogP contribution in [-0.4, -0.2) is 56.2 Å². The SMILES string of the molecule is COC(=O)c1ccc(OC[C@H]2c3cc(OC)c(OC)cc3CCN2C(=O)c2cccc([N+](=O)[O-])c2)cc1. The van der Waals surface area contributed by atoms with Gasteiger partial charge in [0.25, 0.3) is 11.6 Å². The lowest BCUT2D eigenvalue weighted by Crippen LogP contribution is -2.42. The number of rotatable bonds is 8. The zero-order valence-electron chi connectivity index (χ0n) is 20.6. The van der Waals surface area contributed by atoms with Gasteiger partial charge in [-0.1, -0.05) is 6.07 Å². The number of hydrogen-bond donors (Lipinski definition) is 0. The molecule has 10 nitrogen and oxygen atoms in total. The Kier molecular flexibility index (Phi) is 7.57. The summed E-state index contributed by atoms with van der Waals surface area (Å²) in [6, 6.07) is 15.4. The van der Waals surface area contributed by atoms with Crippen LogP contribution in [0.3, 0.4) is 0 Å². The van der Waals surface area contributed by atoms with Crippen LogP contribution in [0.15, 0.2) is 60.7 Å². The van der Waals surface area contributed by atoms with Crippen LogP contribution in [0, 0.1) is 10.1 Å². The molecule has 0 aromatic heterocycles. The maximum atomic E-state index is 13.6. The number of non-ortho nitro benzene ring substituents is 1. The summed E-state index contributed by atoms with van der Waals surface area (Å²) in [5, 5.41) is 11.3. The Labute approximate surface area is 213 Å². The zero-order chi connectivity index (χ0) is 26.5. The highest BCUT2D eigenvalue weighted by Gasteiger charge is 2.34. The standard InChI is InChI=1S/C27H26N2O8/c1-34-24-14-18-11-12-28(26(30)19-5-4-6-20(13-19)29(32)33)23(22(18)15-25(24)35-2)16-37-21-9-7-17(8-10-21)27(31)36-3/h4-10,13-15,23H,11-12,16H2,1-3H3/t23-/m0/s1. The molecule has 10 heteroatoms. The summed E-state index contributed by atoms with van der Waals surface area (Å²) >= 11 is 0. The third-order valence-electron chi connectivity index (χ3n) is 6.25. The number of nitrogens with zero attached hydrogens (tertiary/aromatic N) is 2. The van der Waals surface area contributed by atoms with E-state index in [-0.39, 0.29) is 23.8 Å². The summed E-state index contributed by atoms with van der Waals surface area (Å²) in [7, 11) is 4.40. The summed E-state index contributed by atoms with van der Waals surface area (Å²) in [5.41, 5.74) is 2.25. The van der Waals surface area contributed by atoms with Crippen LogP contribution in [0.4, 0.5) is 5.69 Å². The van der Waals surface area contributed by atoms with Gasteiger partial charge in [0.15, 0.2) is 11.5 Å². The van der Waals surface area contributed by atoms with Gasteiger partial charge < -0.3 is 23.8 Å². The number of benzene rings is 3. The van der Waals surface area contributed by atoms with E-state index in [0.717, 1.165) is 11.1 Å². The van der Waals surface area contributed by atoms with Crippen molar-refractivity contribution in [1.82, 2.24) is 4.90 Å². The fraction of sp³-hybridized carbons (Fsp3) is 0.259. The van der Waals surface area contributed by atoms with Crippen LogP contribution in [0.1, 0.15) is 37.9 Å². The smallest absolute Gasteiger partial charge is 0.337 e. The highest BCUT2D eigenvalue weighted by molar-refractivity contribution is 5.95. The number of carbonyl (C=O) groups is 2. The lowest BCUT2D eigenvalue weighted by Gasteiger charge is -2.37. The topological polar surface area (TPSA) is 117 Å². The fourth-order valence-electron chi connectivity index (χ4n) is 4.35. The van der Waals surface area contributed by atoms with Crippen LogP contribution < -0.4 is 14.2 Å². The molecule has 37 heavy (non-hydrogen) atoms. The van der Waals surface area contributed by atoms with Gasteiger partial charge in [-0.3, -0.25) is 14.9 Å². The molecule has 1 atom stereocenters. The molecule has 0 aliphatic carbocycles. The Bertz CT molecular complexity index is 1320. The Morgan fingerprint density at radius 1 is 0.973 bits per heavy atom. The first-order valence-corrected chi connectivity index (χ1v) is 11.5. The van der Waals surface area contributed by atoms with E-state index >= 15 is 0 Å². The third kappa shape index (κ3) is 5.32. The minimum atomic E-state index is -0.530. The lowest BCUT2D eigenvalue weighted by atomic mass is 9.91. The van der Waals surface area contributed by atoms with Gasteiger partial charge in [-0.25, -0.2) is 4.79 Å². The summed E-state index contributed by atoms with van der Waals surface area (Å²) in [4.78, 5) is 37.7. The van der Waals surface area contributed by atoms with Crippen molar-refractivity contribution >= 4 is 17.6 Å². The molecule has 192 valence electrons. The average Bonchev–Trinajstić information content (AvgIpc) is 2.94. The van der Waals surface area contributed by atoms with E-state index in [0.29, 0.717) is 35.8 Å². The molecule has 0 saturated heterocycles. The van der Waals surface area contributed by atoms with Gasteiger partial charge in [0.1, 0.15) is 12.4 Å². The normalized spacial score (nSPS) is 14.4. The first-order chi connectivity index (χ1) is 17.9. The monoisotopic (exact) mass is 506 g/mol. The maximum Gasteiger partial charge on any atom is 0.337 e. The molecule has 3 aromatic carbocycles. The summed E-state index contributed by atoms with van der Waals surface area (Å²) in [6.07, 6.45) is 0.556. The molecule has 3 aromatic rings. The molecule has 0 radical (unpaired) electrons.